The fourth-order valence-corrected chi connectivity index (χ4v) is 2.46. The van der Waals surface area contributed by atoms with Crippen molar-refractivity contribution in [3.8, 4) is 11.3 Å². The summed E-state index contributed by atoms with van der Waals surface area (Å²) in [6.45, 7) is 3.86. The fraction of sp³-hybridized carbons (Fsp3) is 0.312. The predicted molar refractivity (Wildman–Crippen MR) is 89.9 cm³/mol. The van der Waals surface area contributed by atoms with E-state index in [0.29, 0.717) is 34.1 Å². The number of nitrogens with two attached hydrogens (primary N) is 1. The Balaban J connectivity index is 2.19. The summed E-state index contributed by atoms with van der Waals surface area (Å²) in [6.07, 6.45) is -4.39. The first-order valence-corrected chi connectivity index (χ1v) is 7.61. The number of hydrogen-bond acceptors (Lipinski definition) is 5. The van der Waals surface area contributed by atoms with Crippen LogP contribution in [0.25, 0.3) is 22.3 Å². The number of nitrogen functional groups attached to an aromatic ring is 1. The number of benzene rings is 1. The summed E-state index contributed by atoms with van der Waals surface area (Å²) in [6, 6.07) is 4.86. The monoisotopic (exact) mass is 350 g/mol. The van der Waals surface area contributed by atoms with E-state index in [-0.39, 0.29) is 6.04 Å². The van der Waals surface area contributed by atoms with Gasteiger partial charge in [0.25, 0.3) is 0 Å². The van der Waals surface area contributed by atoms with Crippen LogP contribution in [0.4, 0.5) is 24.9 Å². The van der Waals surface area contributed by atoms with Gasteiger partial charge in [-0.2, -0.15) is 23.3 Å². The molecule has 1 aromatic carbocycles. The molecular formula is C16H17F3N6. The largest absolute Gasteiger partial charge is 0.416 e. The van der Waals surface area contributed by atoms with Crippen molar-refractivity contribution in [2.24, 2.45) is 7.05 Å². The molecule has 2 heterocycles. The van der Waals surface area contributed by atoms with Crippen LogP contribution < -0.4 is 11.1 Å². The maximum atomic E-state index is 12.8. The molecule has 0 saturated carbocycles. The lowest BCUT2D eigenvalue weighted by Crippen LogP contribution is -2.13. The number of aromatic nitrogens is 4. The van der Waals surface area contributed by atoms with E-state index in [1.807, 2.05) is 13.8 Å². The van der Waals surface area contributed by atoms with Gasteiger partial charge in [0, 0.05) is 18.7 Å². The number of nitrogens with one attached hydrogen (secondary N) is 1. The molecule has 6 nitrogen and oxygen atoms in total. The van der Waals surface area contributed by atoms with Gasteiger partial charge in [-0.3, -0.25) is 4.68 Å². The van der Waals surface area contributed by atoms with Crippen LogP contribution in [0.3, 0.4) is 0 Å². The summed E-state index contributed by atoms with van der Waals surface area (Å²) in [5, 5.41) is 7.83. The van der Waals surface area contributed by atoms with Gasteiger partial charge in [-0.15, -0.1) is 0 Å². The molecule has 0 saturated heterocycles. The zero-order chi connectivity index (χ0) is 18.4. The topological polar surface area (TPSA) is 81.6 Å². The van der Waals surface area contributed by atoms with E-state index in [9.17, 15) is 13.2 Å². The Morgan fingerprint density at radius 3 is 2.32 bits per heavy atom. The highest BCUT2D eigenvalue weighted by atomic mass is 19.4. The van der Waals surface area contributed by atoms with Crippen LogP contribution in [0.15, 0.2) is 24.3 Å². The highest BCUT2D eigenvalue weighted by Gasteiger charge is 2.30. The molecule has 9 heteroatoms. The molecule has 0 atom stereocenters. The first-order valence-electron chi connectivity index (χ1n) is 7.61. The van der Waals surface area contributed by atoms with Gasteiger partial charge in [0.15, 0.2) is 5.65 Å². The third-order valence-electron chi connectivity index (χ3n) is 3.64. The smallest absolute Gasteiger partial charge is 0.383 e. The number of aryl methyl sites for hydroxylation is 1. The average Bonchev–Trinajstić information content (AvgIpc) is 2.80. The van der Waals surface area contributed by atoms with E-state index in [2.05, 4.69) is 20.4 Å². The molecule has 25 heavy (non-hydrogen) atoms. The second kappa shape index (κ2) is 5.91. The van der Waals surface area contributed by atoms with Crippen LogP contribution >= 0.6 is 0 Å². The number of rotatable bonds is 3. The summed E-state index contributed by atoms with van der Waals surface area (Å²) >= 11 is 0. The number of nitrogens with zero attached hydrogens (tertiary/aromatic N) is 4. The number of fused-ring (bicyclic) bond motifs is 1. The zero-order valence-corrected chi connectivity index (χ0v) is 13.9. The minimum Gasteiger partial charge on any atom is -0.383 e. The third-order valence-corrected chi connectivity index (χ3v) is 3.64. The molecule has 0 bridgehead atoms. The van der Waals surface area contributed by atoms with Crippen LogP contribution in [-0.2, 0) is 13.2 Å². The van der Waals surface area contributed by atoms with E-state index in [0.717, 1.165) is 12.1 Å². The minimum atomic E-state index is -4.39. The normalized spacial score (nSPS) is 12.1. The molecule has 0 aliphatic carbocycles. The fourth-order valence-electron chi connectivity index (χ4n) is 2.46. The second-order valence-corrected chi connectivity index (χ2v) is 5.98. The molecule has 3 N–H and O–H groups in total. The second-order valence-electron chi connectivity index (χ2n) is 5.98. The van der Waals surface area contributed by atoms with Gasteiger partial charge in [0.2, 0.25) is 5.95 Å². The lowest BCUT2D eigenvalue weighted by molar-refractivity contribution is -0.137. The molecule has 0 aliphatic rings. The molecule has 3 aromatic rings. The predicted octanol–water partition coefficient (Wildman–Crippen LogP) is 3.45. The summed E-state index contributed by atoms with van der Waals surface area (Å²) in [4.78, 5) is 8.77. The van der Waals surface area contributed by atoms with Gasteiger partial charge >= 0.3 is 6.18 Å². The maximum absolute atomic E-state index is 12.8. The minimum absolute atomic E-state index is 0.0824. The SMILES string of the molecule is CC(C)Nc1nc(-c2ccc(C(F)(F)F)cc2)c2c(N)n(C)nc2n1. The highest BCUT2D eigenvalue weighted by Crippen LogP contribution is 2.34. The molecular weight excluding hydrogens is 333 g/mol. The van der Waals surface area contributed by atoms with Gasteiger partial charge in [0.05, 0.1) is 16.6 Å². The van der Waals surface area contributed by atoms with Crippen molar-refractivity contribution in [2.75, 3.05) is 11.1 Å². The summed E-state index contributed by atoms with van der Waals surface area (Å²) < 4.78 is 39.8. The Morgan fingerprint density at radius 1 is 1.12 bits per heavy atom. The van der Waals surface area contributed by atoms with Crippen molar-refractivity contribution < 1.29 is 13.2 Å². The van der Waals surface area contributed by atoms with Crippen molar-refractivity contribution in [1.82, 2.24) is 19.7 Å². The molecule has 0 spiro atoms. The summed E-state index contributed by atoms with van der Waals surface area (Å²) in [7, 11) is 1.67. The van der Waals surface area contributed by atoms with E-state index in [4.69, 9.17) is 5.73 Å². The molecule has 0 unspecified atom stereocenters. The quantitative estimate of drug-likeness (QED) is 0.756. The van der Waals surface area contributed by atoms with Crippen molar-refractivity contribution in [1.29, 1.82) is 0 Å². The zero-order valence-electron chi connectivity index (χ0n) is 13.9. The van der Waals surface area contributed by atoms with Crippen LogP contribution in [0, 0.1) is 0 Å². The molecule has 0 radical (unpaired) electrons. The van der Waals surface area contributed by atoms with Crippen LogP contribution in [0.5, 0.6) is 0 Å². The summed E-state index contributed by atoms with van der Waals surface area (Å²) in [5.74, 6) is 0.691. The van der Waals surface area contributed by atoms with Crippen molar-refractivity contribution >= 4 is 22.8 Å². The highest BCUT2D eigenvalue weighted by molar-refractivity contribution is 5.98. The van der Waals surface area contributed by atoms with Crippen molar-refractivity contribution in [3.05, 3.63) is 29.8 Å². The van der Waals surface area contributed by atoms with Gasteiger partial charge in [-0.25, -0.2) is 4.98 Å². The van der Waals surface area contributed by atoms with Gasteiger partial charge in [-0.05, 0) is 26.0 Å². The molecule has 3 rings (SSSR count). The third kappa shape index (κ3) is 3.21. The Hall–Kier alpha value is -2.84. The van der Waals surface area contributed by atoms with Crippen LogP contribution in [0.2, 0.25) is 0 Å². The lowest BCUT2D eigenvalue weighted by Gasteiger charge is -2.11. The number of halogens is 3. The first kappa shape index (κ1) is 17.0. The van der Waals surface area contributed by atoms with Crippen molar-refractivity contribution in [3.63, 3.8) is 0 Å². The maximum Gasteiger partial charge on any atom is 0.416 e. The molecule has 0 amide bonds. The Kier molecular flexibility index (Phi) is 4.02. The molecule has 0 fully saturated rings. The number of anilines is 2. The van der Waals surface area contributed by atoms with E-state index < -0.39 is 11.7 Å². The first-order chi connectivity index (χ1) is 11.7. The van der Waals surface area contributed by atoms with Crippen LogP contribution in [0.1, 0.15) is 19.4 Å². The molecule has 0 aliphatic heterocycles. The molecule has 132 valence electrons. The Bertz CT molecular complexity index is 912. The van der Waals surface area contributed by atoms with Crippen molar-refractivity contribution in [2.45, 2.75) is 26.1 Å². The van der Waals surface area contributed by atoms with E-state index >= 15 is 0 Å². The van der Waals surface area contributed by atoms with E-state index in [1.54, 1.807) is 7.05 Å². The van der Waals surface area contributed by atoms with Gasteiger partial charge < -0.3 is 11.1 Å². The molecule has 2 aromatic heterocycles. The van der Waals surface area contributed by atoms with Gasteiger partial charge in [0.1, 0.15) is 5.82 Å². The number of alkyl halides is 3. The lowest BCUT2D eigenvalue weighted by atomic mass is 10.1. The Morgan fingerprint density at radius 2 is 1.76 bits per heavy atom. The standard InChI is InChI=1S/C16H17F3N6/c1-8(2)21-15-22-12(11-13(20)25(3)24-14(11)23-15)9-4-6-10(7-5-9)16(17,18)19/h4-8H,20H2,1-3H3,(H,21,23,24). The van der Waals surface area contributed by atoms with Gasteiger partial charge in [-0.1, -0.05) is 12.1 Å². The number of hydrogen-bond donors (Lipinski definition) is 2. The average molecular weight is 350 g/mol. The van der Waals surface area contributed by atoms with Crippen LogP contribution in [-0.4, -0.2) is 25.8 Å². The van der Waals surface area contributed by atoms with E-state index in [1.165, 1.54) is 16.8 Å². The Labute approximate surface area is 141 Å². The summed E-state index contributed by atoms with van der Waals surface area (Å²) in [5.41, 5.74) is 6.65.